The number of carboxylic acid groups (broad SMARTS) is 1. The summed E-state index contributed by atoms with van der Waals surface area (Å²) in [4.78, 5) is 34.2. The van der Waals surface area contributed by atoms with Crippen LogP contribution in [0.4, 0.5) is 0 Å². The van der Waals surface area contributed by atoms with E-state index in [0.717, 1.165) is 0 Å². The first-order valence-electron chi connectivity index (χ1n) is 5.72. The molecule has 0 saturated heterocycles. The van der Waals surface area contributed by atoms with Gasteiger partial charge in [-0.2, -0.15) is 0 Å². The molecular weight excluding hydrogens is 252 g/mol. The second-order valence-electron chi connectivity index (χ2n) is 3.51. The molecular formula is C13H14O6. The van der Waals surface area contributed by atoms with Crippen LogP contribution in [0, 0.1) is 0 Å². The minimum atomic E-state index is -1.27. The molecule has 102 valence electrons. The van der Waals surface area contributed by atoms with Gasteiger partial charge >= 0.3 is 17.9 Å². The largest absolute Gasteiger partial charge is 0.478 e. The maximum absolute atomic E-state index is 11.7. The molecule has 0 spiro atoms. The summed E-state index contributed by atoms with van der Waals surface area (Å²) in [5.74, 6) is -2.67. The van der Waals surface area contributed by atoms with Crippen LogP contribution >= 0.6 is 0 Å². The highest BCUT2D eigenvalue weighted by Crippen LogP contribution is 2.15. The standard InChI is InChI=1S/C13H14O6/c1-3-18-12(16)8-5-6-9(11(14)15)10(7-8)13(17)19-4-2/h5-7H,3-4H2,1-2H3,(H,14,15). The Balaban J connectivity index is 3.22. The summed E-state index contributed by atoms with van der Waals surface area (Å²) in [6.07, 6.45) is 0. The summed E-state index contributed by atoms with van der Waals surface area (Å²) in [5.41, 5.74) is -0.277. The van der Waals surface area contributed by atoms with Gasteiger partial charge in [-0.1, -0.05) is 0 Å². The minimum Gasteiger partial charge on any atom is -0.478 e. The highest BCUT2D eigenvalue weighted by molar-refractivity contribution is 6.04. The molecule has 1 N–H and O–H groups in total. The summed E-state index contributed by atoms with van der Waals surface area (Å²) < 4.78 is 9.54. The molecule has 0 aliphatic heterocycles. The van der Waals surface area contributed by atoms with E-state index in [1.165, 1.54) is 18.2 Å². The molecule has 6 heteroatoms. The van der Waals surface area contributed by atoms with E-state index in [4.69, 9.17) is 14.6 Å². The third-order valence-corrected chi connectivity index (χ3v) is 2.26. The quantitative estimate of drug-likeness (QED) is 0.816. The van der Waals surface area contributed by atoms with Crippen molar-refractivity contribution in [1.29, 1.82) is 0 Å². The zero-order chi connectivity index (χ0) is 14.4. The topological polar surface area (TPSA) is 89.9 Å². The van der Waals surface area contributed by atoms with Gasteiger partial charge in [0.25, 0.3) is 0 Å². The van der Waals surface area contributed by atoms with Gasteiger partial charge in [-0.15, -0.1) is 0 Å². The van der Waals surface area contributed by atoms with E-state index in [-0.39, 0.29) is 29.9 Å². The van der Waals surface area contributed by atoms with E-state index in [1.54, 1.807) is 13.8 Å². The van der Waals surface area contributed by atoms with Gasteiger partial charge in [-0.05, 0) is 32.0 Å². The molecule has 0 atom stereocenters. The number of esters is 2. The molecule has 0 aromatic heterocycles. The lowest BCUT2D eigenvalue weighted by Gasteiger charge is -2.08. The molecule has 0 unspecified atom stereocenters. The molecule has 0 heterocycles. The number of benzene rings is 1. The number of carboxylic acids is 1. The van der Waals surface area contributed by atoms with Crippen molar-refractivity contribution in [3.8, 4) is 0 Å². The smallest absolute Gasteiger partial charge is 0.339 e. The molecule has 0 bridgehead atoms. The normalized spacial score (nSPS) is 9.79. The van der Waals surface area contributed by atoms with Crippen molar-refractivity contribution in [2.75, 3.05) is 13.2 Å². The molecule has 0 saturated carbocycles. The van der Waals surface area contributed by atoms with Crippen molar-refractivity contribution >= 4 is 17.9 Å². The fourth-order valence-corrected chi connectivity index (χ4v) is 1.45. The van der Waals surface area contributed by atoms with Gasteiger partial charge in [0.15, 0.2) is 0 Å². The first kappa shape index (κ1) is 14.7. The van der Waals surface area contributed by atoms with E-state index in [0.29, 0.717) is 0 Å². The monoisotopic (exact) mass is 266 g/mol. The van der Waals surface area contributed by atoms with Crippen molar-refractivity contribution in [2.45, 2.75) is 13.8 Å². The van der Waals surface area contributed by atoms with Gasteiger partial charge in [0, 0.05) is 0 Å². The Morgan fingerprint density at radius 3 is 2.11 bits per heavy atom. The fraction of sp³-hybridized carbons (Fsp3) is 0.308. The Hall–Kier alpha value is -2.37. The number of carbonyl (C=O) groups excluding carboxylic acids is 2. The number of hydrogen-bond acceptors (Lipinski definition) is 5. The second kappa shape index (κ2) is 6.53. The summed E-state index contributed by atoms with van der Waals surface area (Å²) in [6, 6.07) is 3.64. The van der Waals surface area contributed by atoms with E-state index in [2.05, 4.69) is 0 Å². The van der Waals surface area contributed by atoms with Gasteiger partial charge in [0.2, 0.25) is 0 Å². The lowest BCUT2D eigenvalue weighted by molar-refractivity contribution is 0.0512. The number of rotatable bonds is 5. The molecule has 6 nitrogen and oxygen atoms in total. The highest BCUT2D eigenvalue weighted by atomic mass is 16.5. The summed E-state index contributed by atoms with van der Waals surface area (Å²) in [7, 11) is 0. The van der Waals surface area contributed by atoms with Crippen molar-refractivity contribution in [1.82, 2.24) is 0 Å². The third-order valence-electron chi connectivity index (χ3n) is 2.26. The molecule has 1 aromatic carbocycles. The molecule has 0 amide bonds. The van der Waals surface area contributed by atoms with Crippen LogP contribution in [0.3, 0.4) is 0 Å². The fourth-order valence-electron chi connectivity index (χ4n) is 1.45. The zero-order valence-electron chi connectivity index (χ0n) is 10.6. The van der Waals surface area contributed by atoms with Crippen molar-refractivity contribution in [2.24, 2.45) is 0 Å². The van der Waals surface area contributed by atoms with E-state index < -0.39 is 17.9 Å². The molecule has 0 aliphatic carbocycles. The molecule has 1 aromatic rings. The lowest BCUT2D eigenvalue weighted by Crippen LogP contribution is -2.14. The Labute approximate surface area is 109 Å². The average molecular weight is 266 g/mol. The summed E-state index contributed by atoms with van der Waals surface area (Å²) in [5, 5.41) is 8.99. The summed E-state index contributed by atoms with van der Waals surface area (Å²) in [6.45, 7) is 3.55. The lowest BCUT2D eigenvalue weighted by atomic mass is 10.0. The van der Waals surface area contributed by atoms with Crippen LogP contribution in [-0.2, 0) is 9.47 Å². The van der Waals surface area contributed by atoms with Gasteiger partial charge in [0.05, 0.1) is 29.9 Å². The Bertz CT molecular complexity index is 506. The summed E-state index contributed by atoms with van der Waals surface area (Å²) >= 11 is 0. The predicted octanol–water partition coefficient (Wildman–Crippen LogP) is 1.74. The van der Waals surface area contributed by atoms with Crippen LogP contribution < -0.4 is 0 Å². The number of hydrogen-bond donors (Lipinski definition) is 1. The van der Waals surface area contributed by atoms with E-state index in [9.17, 15) is 14.4 Å². The van der Waals surface area contributed by atoms with Crippen LogP contribution in [0.5, 0.6) is 0 Å². The van der Waals surface area contributed by atoms with Gasteiger partial charge < -0.3 is 14.6 Å². The van der Waals surface area contributed by atoms with E-state index in [1.807, 2.05) is 0 Å². The Kier molecular flexibility index (Phi) is 5.05. The Morgan fingerprint density at radius 2 is 1.58 bits per heavy atom. The second-order valence-corrected chi connectivity index (χ2v) is 3.51. The average Bonchev–Trinajstić information content (AvgIpc) is 2.38. The molecule has 0 radical (unpaired) electrons. The first-order chi connectivity index (χ1) is 9.01. The molecule has 19 heavy (non-hydrogen) atoms. The van der Waals surface area contributed by atoms with Crippen LogP contribution in [0.15, 0.2) is 18.2 Å². The predicted molar refractivity (Wildman–Crippen MR) is 65.3 cm³/mol. The SMILES string of the molecule is CCOC(=O)c1ccc(C(=O)O)c(C(=O)OCC)c1. The molecule has 0 aliphatic rings. The molecule has 0 fully saturated rings. The zero-order valence-corrected chi connectivity index (χ0v) is 10.6. The van der Waals surface area contributed by atoms with Crippen LogP contribution in [0.25, 0.3) is 0 Å². The van der Waals surface area contributed by atoms with Crippen LogP contribution in [0.2, 0.25) is 0 Å². The number of aromatic carboxylic acids is 1. The number of ether oxygens (including phenoxy) is 2. The maximum atomic E-state index is 11.7. The maximum Gasteiger partial charge on any atom is 0.339 e. The van der Waals surface area contributed by atoms with Crippen LogP contribution in [-0.4, -0.2) is 36.2 Å². The highest BCUT2D eigenvalue weighted by Gasteiger charge is 2.20. The third kappa shape index (κ3) is 3.54. The van der Waals surface area contributed by atoms with Crippen LogP contribution in [0.1, 0.15) is 44.9 Å². The minimum absolute atomic E-state index is 0.106. The van der Waals surface area contributed by atoms with Crippen molar-refractivity contribution in [3.05, 3.63) is 34.9 Å². The Morgan fingerprint density at radius 1 is 1.00 bits per heavy atom. The van der Waals surface area contributed by atoms with Crippen molar-refractivity contribution < 1.29 is 29.0 Å². The van der Waals surface area contributed by atoms with E-state index >= 15 is 0 Å². The first-order valence-corrected chi connectivity index (χ1v) is 5.72. The number of carbonyl (C=O) groups is 3. The van der Waals surface area contributed by atoms with Gasteiger partial charge in [-0.3, -0.25) is 0 Å². The van der Waals surface area contributed by atoms with Gasteiger partial charge in [-0.25, -0.2) is 14.4 Å². The van der Waals surface area contributed by atoms with Gasteiger partial charge in [0.1, 0.15) is 0 Å². The molecule has 1 rings (SSSR count). The van der Waals surface area contributed by atoms with Crippen molar-refractivity contribution in [3.63, 3.8) is 0 Å².